The fraction of sp³-hybridized carbons (Fsp3) is 0.923. The zero-order chi connectivity index (χ0) is 11.7. The molecule has 90 valence electrons. The van der Waals surface area contributed by atoms with Crippen LogP contribution >= 0.6 is 0 Å². The molecule has 0 fully saturated rings. The van der Waals surface area contributed by atoms with Crippen LogP contribution in [0.15, 0.2) is 0 Å². The van der Waals surface area contributed by atoms with E-state index < -0.39 is 0 Å². The van der Waals surface area contributed by atoms with E-state index in [1.165, 1.54) is 19.3 Å². The Balaban J connectivity index is 3.98. The second-order valence-corrected chi connectivity index (χ2v) is 4.19. The molecule has 0 aromatic carbocycles. The van der Waals surface area contributed by atoms with Crippen molar-refractivity contribution in [3.05, 3.63) is 0 Å². The van der Waals surface area contributed by atoms with Crippen LogP contribution in [0, 0.1) is 5.92 Å². The number of carbonyl (C=O) groups is 1. The molecule has 0 aliphatic carbocycles. The van der Waals surface area contributed by atoms with E-state index in [4.69, 9.17) is 0 Å². The average molecular weight is 213 g/mol. The Labute approximate surface area is 95.0 Å². The summed E-state index contributed by atoms with van der Waals surface area (Å²) < 4.78 is 0. The molecule has 0 radical (unpaired) electrons. The number of nitrogens with zero attached hydrogens (tertiary/aromatic N) is 1. The Bertz CT molecular complexity index is 164. The molecule has 0 aliphatic heterocycles. The molecule has 0 saturated carbocycles. The van der Waals surface area contributed by atoms with Crippen molar-refractivity contribution >= 4 is 5.91 Å². The van der Waals surface area contributed by atoms with Gasteiger partial charge in [-0.1, -0.05) is 33.1 Å². The van der Waals surface area contributed by atoms with Crippen molar-refractivity contribution in [1.29, 1.82) is 0 Å². The van der Waals surface area contributed by atoms with E-state index in [0.717, 1.165) is 25.9 Å². The molecule has 1 amide bonds. The fourth-order valence-electron chi connectivity index (χ4n) is 1.90. The maximum atomic E-state index is 11.9. The number of amides is 1. The summed E-state index contributed by atoms with van der Waals surface area (Å²) in [4.78, 5) is 13.8. The quantitative estimate of drug-likeness (QED) is 0.604. The standard InChI is InChI=1S/C13H27NO/c1-5-9-10-12(6-2)11-13(15)14(7-3)8-4/h12H,5-11H2,1-4H3. The number of rotatable bonds is 8. The molecular weight excluding hydrogens is 186 g/mol. The van der Waals surface area contributed by atoms with Crippen molar-refractivity contribution in [1.82, 2.24) is 4.90 Å². The molecule has 0 spiro atoms. The Morgan fingerprint density at radius 3 is 2.13 bits per heavy atom. The van der Waals surface area contributed by atoms with E-state index in [-0.39, 0.29) is 0 Å². The van der Waals surface area contributed by atoms with Gasteiger partial charge < -0.3 is 4.90 Å². The van der Waals surface area contributed by atoms with Gasteiger partial charge >= 0.3 is 0 Å². The molecule has 2 nitrogen and oxygen atoms in total. The van der Waals surface area contributed by atoms with Crippen molar-refractivity contribution in [3.8, 4) is 0 Å². The monoisotopic (exact) mass is 213 g/mol. The third kappa shape index (κ3) is 5.81. The van der Waals surface area contributed by atoms with Crippen LogP contribution in [0.4, 0.5) is 0 Å². The van der Waals surface area contributed by atoms with Gasteiger partial charge in [0.15, 0.2) is 0 Å². The minimum absolute atomic E-state index is 0.336. The van der Waals surface area contributed by atoms with Crippen LogP contribution in [0.2, 0.25) is 0 Å². The van der Waals surface area contributed by atoms with Crippen LogP contribution in [0.1, 0.15) is 59.8 Å². The highest BCUT2D eigenvalue weighted by Crippen LogP contribution is 2.17. The average Bonchev–Trinajstić information content (AvgIpc) is 2.25. The van der Waals surface area contributed by atoms with Crippen LogP contribution in [0.25, 0.3) is 0 Å². The molecule has 1 unspecified atom stereocenters. The van der Waals surface area contributed by atoms with Gasteiger partial charge in [0.1, 0.15) is 0 Å². The number of hydrogen-bond donors (Lipinski definition) is 0. The van der Waals surface area contributed by atoms with Crippen molar-refractivity contribution in [2.75, 3.05) is 13.1 Å². The second kappa shape index (κ2) is 8.75. The van der Waals surface area contributed by atoms with E-state index in [9.17, 15) is 4.79 Å². The van der Waals surface area contributed by atoms with E-state index in [1.807, 2.05) is 18.7 Å². The highest BCUT2D eigenvalue weighted by Gasteiger charge is 2.15. The lowest BCUT2D eigenvalue weighted by atomic mass is 9.95. The largest absolute Gasteiger partial charge is 0.343 e. The van der Waals surface area contributed by atoms with E-state index in [1.54, 1.807) is 0 Å². The smallest absolute Gasteiger partial charge is 0.222 e. The predicted octanol–water partition coefficient (Wildman–Crippen LogP) is 3.46. The van der Waals surface area contributed by atoms with Gasteiger partial charge in [-0.25, -0.2) is 0 Å². The summed E-state index contributed by atoms with van der Waals surface area (Å²) in [6.45, 7) is 10.2. The van der Waals surface area contributed by atoms with Gasteiger partial charge in [-0.05, 0) is 26.2 Å². The molecule has 0 aliphatic rings. The summed E-state index contributed by atoms with van der Waals surface area (Å²) >= 11 is 0. The van der Waals surface area contributed by atoms with Crippen molar-refractivity contribution in [3.63, 3.8) is 0 Å². The van der Waals surface area contributed by atoms with Crippen LogP contribution in [0.5, 0.6) is 0 Å². The maximum absolute atomic E-state index is 11.9. The Kier molecular flexibility index (Phi) is 8.44. The van der Waals surface area contributed by atoms with Gasteiger partial charge in [-0.3, -0.25) is 4.79 Å². The van der Waals surface area contributed by atoms with E-state index in [2.05, 4.69) is 13.8 Å². The lowest BCUT2D eigenvalue weighted by Crippen LogP contribution is -2.31. The molecular formula is C13H27NO. The summed E-state index contributed by atoms with van der Waals surface area (Å²) in [6, 6.07) is 0. The summed E-state index contributed by atoms with van der Waals surface area (Å²) in [5.41, 5.74) is 0. The zero-order valence-corrected chi connectivity index (χ0v) is 10.9. The minimum Gasteiger partial charge on any atom is -0.343 e. The van der Waals surface area contributed by atoms with Crippen LogP contribution < -0.4 is 0 Å². The third-order valence-electron chi connectivity index (χ3n) is 3.12. The lowest BCUT2D eigenvalue weighted by Gasteiger charge is -2.22. The van der Waals surface area contributed by atoms with Crippen LogP contribution in [-0.2, 0) is 4.79 Å². The SMILES string of the molecule is CCCCC(CC)CC(=O)N(CC)CC. The van der Waals surface area contributed by atoms with Gasteiger partial charge in [-0.2, -0.15) is 0 Å². The van der Waals surface area contributed by atoms with Crippen molar-refractivity contribution in [2.45, 2.75) is 59.8 Å². The maximum Gasteiger partial charge on any atom is 0.222 e. The molecule has 0 saturated heterocycles. The minimum atomic E-state index is 0.336. The van der Waals surface area contributed by atoms with Gasteiger partial charge in [0.2, 0.25) is 5.91 Å². The summed E-state index contributed by atoms with van der Waals surface area (Å²) in [5, 5.41) is 0. The molecule has 15 heavy (non-hydrogen) atoms. The first kappa shape index (κ1) is 14.5. The molecule has 0 rings (SSSR count). The first-order chi connectivity index (χ1) is 7.19. The summed E-state index contributed by atoms with van der Waals surface area (Å²) in [5.74, 6) is 0.931. The first-order valence-electron chi connectivity index (χ1n) is 6.47. The van der Waals surface area contributed by atoms with Gasteiger partial charge in [-0.15, -0.1) is 0 Å². The predicted molar refractivity (Wildman–Crippen MR) is 65.9 cm³/mol. The third-order valence-corrected chi connectivity index (χ3v) is 3.12. The van der Waals surface area contributed by atoms with Crippen molar-refractivity contribution < 1.29 is 4.79 Å². The van der Waals surface area contributed by atoms with E-state index >= 15 is 0 Å². The van der Waals surface area contributed by atoms with E-state index in [0.29, 0.717) is 11.8 Å². The van der Waals surface area contributed by atoms with Gasteiger partial charge in [0.25, 0.3) is 0 Å². The molecule has 2 heteroatoms. The summed E-state index contributed by atoms with van der Waals surface area (Å²) in [6.07, 6.45) is 5.57. The first-order valence-corrected chi connectivity index (χ1v) is 6.47. The molecule has 0 aromatic rings. The topological polar surface area (TPSA) is 20.3 Å². The van der Waals surface area contributed by atoms with Gasteiger partial charge in [0, 0.05) is 19.5 Å². The summed E-state index contributed by atoms with van der Waals surface area (Å²) in [7, 11) is 0. The zero-order valence-electron chi connectivity index (χ0n) is 10.9. The van der Waals surface area contributed by atoms with Crippen LogP contribution in [0.3, 0.4) is 0 Å². The molecule has 0 N–H and O–H groups in total. The Hall–Kier alpha value is -0.530. The lowest BCUT2D eigenvalue weighted by molar-refractivity contribution is -0.131. The van der Waals surface area contributed by atoms with Gasteiger partial charge in [0.05, 0.1) is 0 Å². The van der Waals surface area contributed by atoms with Crippen LogP contribution in [-0.4, -0.2) is 23.9 Å². The molecule has 0 bridgehead atoms. The normalized spacial score (nSPS) is 12.5. The second-order valence-electron chi connectivity index (χ2n) is 4.19. The molecule has 0 aromatic heterocycles. The fourth-order valence-corrected chi connectivity index (χ4v) is 1.90. The number of unbranched alkanes of at least 4 members (excludes halogenated alkanes) is 1. The molecule has 0 heterocycles. The highest BCUT2D eigenvalue weighted by atomic mass is 16.2. The molecule has 1 atom stereocenters. The van der Waals surface area contributed by atoms with Crippen molar-refractivity contribution in [2.24, 2.45) is 5.92 Å². The Morgan fingerprint density at radius 1 is 1.13 bits per heavy atom. The highest BCUT2D eigenvalue weighted by molar-refractivity contribution is 5.76. The number of hydrogen-bond acceptors (Lipinski definition) is 1. The Morgan fingerprint density at radius 2 is 1.73 bits per heavy atom. The number of carbonyl (C=O) groups excluding carboxylic acids is 1.